The Balaban J connectivity index is 3.12. The maximum absolute atomic E-state index is 11.1. The zero-order valence-corrected chi connectivity index (χ0v) is 10.5. The van der Waals surface area contributed by atoms with Crippen molar-refractivity contribution in [1.29, 1.82) is 0 Å². The maximum Gasteiger partial charge on any atom is 0.334 e. The lowest BCUT2D eigenvalue weighted by Crippen LogP contribution is -2.24. The molecule has 1 aromatic rings. The van der Waals surface area contributed by atoms with Gasteiger partial charge in [-0.05, 0) is 19.4 Å². The van der Waals surface area contributed by atoms with Crippen LogP contribution in [0.5, 0.6) is 0 Å². The van der Waals surface area contributed by atoms with Crippen molar-refractivity contribution in [1.82, 2.24) is 9.78 Å². The van der Waals surface area contributed by atoms with Gasteiger partial charge in [0.05, 0.1) is 4.92 Å². The molecule has 0 saturated carbocycles. The third-order valence-electron chi connectivity index (χ3n) is 2.64. The van der Waals surface area contributed by atoms with E-state index in [2.05, 4.69) is 5.10 Å². The molecule has 7 heteroatoms. The quantitative estimate of drug-likeness (QED) is 0.584. The van der Waals surface area contributed by atoms with Crippen LogP contribution in [0, 0.1) is 10.1 Å². The monoisotopic (exact) mass is 241 g/mol. The van der Waals surface area contributed by atoms with Gasteiger partial charge in [-0.25, -0.2) is 4.68 Å². The number of aryl methyl sites for hydroxylation is 2. The lowest BCUT2D eigenvalue weighted by molar-refractivity contribution is -0.384. The minimum Gasteiger partial charge on any atom is -0.354 e. The summed E-state index contributed by atoms with van der Waals surface area (Å²) in [5, 5.41) is 15.3. The molecule has 0 aliphatic rings. The third-order valence-corrected chi connectivity index (χ3v) is 2.64. The molecule has 7 nitrogen and oxygen atoms in total. The van der Waals surface area contributed by atoms with Crippen LogP contribution < -0.4 is 10.6 Å². The zero-order chi connectivity index (χ0) is 13.0. The standard InChI is InChI=1S/C10H19N5O2/c1-4-8-9(15(16)17)10(14(3)12-8)13(2)7-5-6-11/h4-7,11H2,1-3H3. The molecule has 0 unspecified atom stereocenters. The number of aromatic nitrogens is 2. The highest BCUT2D eigenvalue weighted by molar-refractivity contribution is 5.61. The molecule has 0 atom stereocenters. The van der Waals surface area contributed by atoms with Gasteiger partial charge in [-0.2, -0.15) is 5.10 Å². The SMILES string of the molecule is CCc1nn(C)c(N(C)CCCN)c1[N+](=O)[O-]. The Labute approximate surface area is 100 Å². The van der Waals surface area contributed by atoms with Gasteiger partial charge in [0.1, 0.15) is 5.69 Å². The molecular formula is C10H19N5O2. The van der Waals surface area contributed by atoms with E-state index in [1.165, 1.54) is 0 Å². The third kappa shape index (κ3) is 2.73. The van der Waals surface area contributed by atoms with E-state index in [0.29, 0.717) is 31.0 Å². The van der Waals surface area contributed by atoms with Crippen LogP contribution in [0.4, 0.5) is 11.5 Å². The van der Waals surface area contributed by atoms with Crippen LogP contribution >= 0.6 is 0 Å². The van der Waals surface area contributed by atoms with Crippen LogP contribution in [-0.4, -0.2) is 34.8 Å². The first kappa shape index (κ1) is 13.4. The Hall–Kier alpha value is -1.63. The van der Waals surface area contributed by atoms with Crippen LogP contribution in [0.25, 0.3) is 0 Å². The topological polar surface area (TPSA) is 90.2 Å². The van der Waals surface area contributed by atoms with Gasteiger partial charge in [-0.1, -0.05) is 6.92 Å². The van der Waals surface area contributed by atoms with Gasteiger partial charge in [0.15, 0.2) is 0 Å². The number of nitro groups is 1. The van der Waals surface area contributed by atoms with Gasteiger partial charge in [-0.3, -0.25) is 10.1 Å². The number of rotatable bonds is 6. The molecule has 0 aliphatic heterocycles. The molecule has 1 heterocycles. The number of hydrogen-bond donors (Lipinski definition) is 1. The van der Waals surface area contributed by atoms with Crippen molar-refractivity contribution in [2.75, 3.05) is 25.0 Å². The second kappa shape index (κ2) is 5.62. The number of anilines is 1. The molecule has 0 saturated heterocycles. The van der Waals surface area contributed by atoms with E-state index in [9.17, 15) is 10.1 Å². The van der Waals surface area contributed by atoms with Gasteiger partial charge >= 0.3 is 5.69 Å². The molecular weight excluding hydrogens is 222 g/mol. The predicted molar refractivity (Wildman–Crippen MR) is 66.2 cm³/mol. The number of nitrogens with zero attached hydrogens (tertiary/aromatic N) is 4. The smallest absolute Gasteiger partial charge is 0.334 e. The predicted octanol–water partition coefficient (Wildman–Crippen LogP) is 0.676. The van der Waals surface area contributed by atoms with Crippen LogP contribution in [0.15, 0.2) is 0 Å². The van der Waals surface area contributed by atoms with E-state index in [1.807, 2.05) is 18.9 Å². The first-order valence-corrected chi connectivity index (χ1v) is 5.64. The largest absolute Gasteiger partial charge is 0.354 e. The Bertz CT molecular complexity index is 402. The second-order valence-corrected chi connectivity index (χ2v) is 3.92. The second-order valence-electron chi connectivity index (χ2n) is 3.92. The maximum atomic E-state index is 11.1. The van der Waals surface area contributed by atoms with Gasteiger partial charge < -0.3 is 10.6 Å². The van der Waals surface area contributed by atoms with Crippen molar-refractivity contribution >= 4 is 11.5 Å². The van der Waals surface area contributed by atoms with E-state index in [4.69, 9.17) is 5.73 Å². The Morgan fingerprint density at radius 2 is 2.24 bits per heavy atom. The van der Waals surface area contributed by atoms with Crippen LogP contribution in [0.2, 0.25) is 0 Å². The summed E-state index contributed by atoms with van der Waals surface area (Å²) >= 11 is 0. The summed E-state index contributed by atoms with van der Waals surface area (Å²) in [7, 11) is 3.54. The van der Waals surface area contributed by atoms with Gasteiger partial charge in [0.25, 0.3) is 0 Å². The normalized spacial score (nSPS) is 10.6. The fourth-order valence-electron chi connectivity index (χ4n) is 1.85. The van der Waals surface area contributed by atoms with Crippen molar-refractivity contribution in [2.45, 2.75) is 19.8 Å². The van der Waals surface area contributed by atoms with Crippen molar-refractivity contribution in [3.05, 3.63) is 15.8 Å². The molecule has 0 amide bonds. The summed E-state index contributed by atoms with van der Waals surface area (Å²) in [5.41, 5.74) is 6.07. The fourth-order valence-corrected chi connectivity index (χ4v) is 1.85. The Kier molecular flexibility index (Phi) is 4.45. The summed E-state index contributed by atoms with van der Waals surface area (Å²) in [6, 6.07) is 0. The van der Waals surface area contributed by atoms with Crippen LogP contribution in [0.3, 0.4) is 0 Å². The molecule has 17 heavy (non-hydrogen) atoms. The fraction of sp³-hybridized carbons (Fsp3) is 0.700. The summed E-state index contributed by atoms with van der Waals surface area (Å²) < 4.78 is 1.56. The molecule has 0 fully saturated rings. The van der Waals surface area contributed by atoms with Crippen LogP contribution in [0.1, 0.15) is 19.0 Å². The number of hydrogen-bond acceptors (Lipinski definition) is 5. The molecule has 0 bridgehead atoms. The van der Waals surface area contributed by atoms with Crippen molar-refractivity contribution in [3.8, 4) is 0 Å². The first-order valence-electron chi connectivity index (χ1n) is 5.64. The molecule has 0 aromatic carbocycles. The lowest BCUT2D eigenvalue weighted by Gasteiger charge is -2.17. The minimum atomic E-state index is -0.361. The summed E-state index contributed by atoms with van der Waals surface area (Å²) in [4.78, 5) is 12.6. The first-order chi connectivity index (χ1) is 8.02. The minimum absolute atomic E-state index is 0.106. The highest BCUT2D eigenvalue weighted by Crippen LogP contribution is 2.30. The lowest BCUT2D eigenvalue weighted by atomic mass is 10.3. The summed E-state index contributed by atoms with van der Waals surface area (Å²) in [6.07, 6.45) is 1.34. The molecule has 1 rings (SSSR count). The molecule has 0 radical (unpaired) electrons. The van der Waals surface area contributed by atoms with Crippen molar-refractivity contribution < 1.29 is 4.92 Å². The summed E-state index contributed by atoms with van der Waals surface area (Å²) in [6.45, 7) is 3.11. The van der Waals surface area contributed by atoms with E-state index in [-0.39, 0.29) is 10.6 Å². The van der Waals surface area contributed by atoms with Gasteiger partial charge in [0, 0.05) is 20.6 Å². The average Bonchev–Trinajstić information content (AvgIpc) is 2.63. The van der Waals surface area contributed by atoms with E-state index in [1.54, 1.807) is 11.7 Å². The van der Waals surface area contributed by atoms with E-state index < -0.39 is 0 Å². The van der Waals surface area contributed by atoms with E-state index in [0.717, 1.165) is 6.42 Å². The number of nitrogens with two attached hydrogens (primary N) is 1. The average molecular weight is 241 g/mol. The highest BCUT2D eigenvalue weighted by atomic mass is 16.6. The Morgan fingerprint density at radius 3 is 2.71 bits per heavy atom. The zero-order valence-electron chi connectivity index (χ0n) is 10.5. The molecule has 1 aromatic heterocycles. The van der Waals surface area contributed by atoms with Crippen molar-refractivity contribution in [2.24, 2.45) is 12.8 Å². The van der Waals surface area contributed by atoms with Crippen LogP contribution in [-0.2, 0) is 13.5 Å². The molecule has 96 valence electrons. The highest BCUT2D eigenvalue weighted by Gasteiger charge is 2.27. The molecule has 2 N–H and O–H groups in total. The molecule has 0 aliphatic carbocycles. The summed E-state index contributed by atoms with van der Waals surface area (Å²) in [5.74, 6) is 0.542. The molecule has 0 spiro atoms. The van der Waals surface area contributed by atoms with Crippen molar-refractivity contribution in [3.63, 3.8) is 0 Å². The Morgan fingerprint density at radius 1 is 1.59 bits per heavy atom. The van der Waals surface area contributed by atoms with E-state index >= 15 is 0 Å². The van der Waals surface area contributed by atoms with Gasteiger partial charge in [0.2, 0.25) is 5.82 Å². The van der Waals surface area contributed by atoms with Gasteiger partial charge in [-0.15, -0.1) is 0 Å².